The predicted octanol–water partition coefficient (Wildman–Crippen LogP) is 2.04. The van der Waals surface area contributed by atoms with Crippen LogP contribution in [0.5, 0.6) is 11.5 Å². The van der Waals surface area contributed by atoms with Crippen LogP contribution in [0.3, 0.4) is 0 Å². The predicted molar refractivity (Wildman–Crippen MR) is 64.1 cm³/mol. The Hall–Kier alpha value is -1.27. The molecule has 5 nitrogen and oxygen atoms in total. The fraction of sp³-hybridized carbons (Fsp3) is 0.364. The summed E-state index contributed by atoms with van der Waals surface area (Å²) in [6, 6.07) is 3.30. The van der Waals surface area contributed by atoms with E-state index in [4.69, 9.17) is 20.3 Å². The highest BCUT2D eigenvalue weighted by Gasteiger charge is 2.20. The molecule has 0 saturated carbocycles. The van der Waals surface area contributed by atoms with Gasteiger partial charge in [-0.2, -0.15) is 0 Å². The van der Waals surface area contributed by atoms with E-state index in [1.807, 2.05) is 6.07 Å². The maximum absolute atomic E-state index is 10.5. The molecule has 1 aliphatic rings. The number of fused-ring (bicyclic) bond motifs is 1. The molecular weight excluding hydrogens is 290 g/mol. The van der Waals surface area contributed by atoms with E-state index < -0.39 is 5.97 Å². The van der Waals surface area contributed by atoms with Gasteiger partial charge in [-0.25, -0.2) is 0 Å². The number of hydrogen-bond donors (Lipinski definition) is 2. The second kappa shape index (κ2) is 4.93. The minimum atomic E-state index is -0.847. The lowest BCUT2D eigenvalue weighted by atomic mass is 10.0. The number of rotatable bonds is 4. The van der Waals surface area contributed by atoms with Crippen LogP contribution in [-0.4, -0.2) is 17.9 Å². The molecule has 0 amide bonds. The molecule has 6 heteroatoms. The van der Waals surface area contributed by atoms with E-state index in [0.29, 0.717) is 17.9 Å². The zero-order chi connectivity index (χ0) is 12.4. The number of benzene rings is 1. The lowest BCUT2D eigenvalue weighted by molar-refractivity contribution is -0.137. The van der Waals surface area contributed by atoms with Crippen molar-refractivity contribution in [2.45, 2.75) is 18.9 Å². The summed E-state index contributed by atoms with van der Waals surface area (Å²) in [4.78, 5) is 10.5. The third-order valence-corrected chi connectivity index (χ3v) is 3.14. The highest BCUT2D eigenvalue weighted by Crippen LogP contribution is 2.41. The Kier molecular flexibility index (Phi) is 3.54. The number of carbonyl (C=O) groups is 1. The number of halogens is 1. The smallest absolute Gasteiger partial charge is 0.303 e. The van der Waals surface area contributed by atoms with E-state index in [1.165, 1.54) is 0 Å². The van der Waals surface area contributed by atoms with Crippen molar-refractivity contribution in [3.05, 3.63) is 22.2 Å². The molecule has 0 radical (unpaired) electrons. The number of ether oxygens (including phenoxy) is 2. The van der Waals surface area contributed by atoms with Crippen LogP contribution in [-0.2, 0) is 4.79 Å². The second-order valence-corrected chi connectivity index (χ2v) is 4.63. The molecule has 0 fully saturated rings. The van der Waals surface area contributed by atoms with Gasteiger partial charge in [-0.15, -0.1) is 0 Å². The number of hydrogen-bond acceptors (Lipinski definition) is 4. The molecule has 0 aliphatic carbocycles. The van der Waals surface area contributed by atoms with Gasteiger partial charge in [0.1, 0.15) is 0 Å². The van der Waals surface area contributed by atoms with Crippen LogP contribution in [0.15, 0.2) is 16.6 Å². The number of nitrogens with two attached hydrogens (primary N) is 1. The molecule has 0 aromatic heterocycles. The lowest BCUT2D eigenvalue weighted by Gasteiger charge is -2.12. The molecule has 3 N–H and O–H groups in total. The Labute approximate surface area is 107 Å². The van der Waals surface area contributed by atoms with Gasteiger partial charge in [0.25, 0.3) is 0 Å². The molecule has 1 atom stereocenters. The first kappa shape index (κ1) is 12.2. The maximum atomic E-state index is 10.5. The van der Waals surface area contributed by atoms with Crippen LogP contribution < -0.4 is 15.2 Å². The molecule has 1 heterocycles. The minimum absolute atomic E-state index is 0.0488. The van der Waals surface area contributed by atoms with E-state index >= 15 is 0 Å². The highest BCUT2D eigenvalue weighted by atomic mass is 79.9. The van der Waals surface area contributed by atoms with Gasteiger partial charge in [0.05, 0.1) is 4.47 Å². The van der Waals surface area contributed by atoms with E-state index in [9.17, 15) is 4.79 Å². The summed E-state index contributed by atoms with van der Waals surface area (Å²) < 4.78 is 11.3. The summed E-state index contributed by atoms with van der Waals surface area (Å²) in [5.74, 6) is 0.458. The Bertz CT molecular complexity index is 449. The van der Waals surface area contributed by atoms with Crippen molar-refractivity contribution < 1.29 is 19.4 Å². The van der Waals surface area contributed by atoms with Crippen LogP contribution in [0.25, 0.3) is 0 Å². The van der Waals surface area contributed by atoms with Gasteiger partial charge in [0, 0.05) is 12.5 Å². The number of aliphatic carboxylic acids is 1. The number of carboxylic acids is 1. The zero-order valence-corrected chi connectivity index (χ0v) is 10.6. The first-order valence-electron chi connectivity index (χ1n) is 5.14. The fourth-order valence-electron chi connectivity index (χ4n) is 1.65. The largest absolute Gasteiger partial charge is 0.481 e. The van der Waals surface area contributed by atoms with E-state index in [1.54, 1.807) is 6.07 Å². The van der Waals surface area contributed by atoms with Crippen LogP contribution in [0.1, 0.15) is 24.4 Å². The molecule has 1 aromatic carbocycles. The van der Waals surface area contributed by atoms with Crippen molar-refractivity contribution in [3.63, 3.8) is 0 Å². The van der Waals surface area contributed by atoms with Crippen molar-refractivity contribution in [1.29, 1.82) is 0 Å². The van der Waals surface area contributed by atoms with E-state index in [0.717, 1.165) is 10.0 Å². The maximum Gasteiger partial charge on any atom is 0.303 e. The van der Waals surface area contributed by atoms with E-state index in [2.05, 4.69) is 15.9 Å². The average molecular weight is 302 g/mol. The zero-order valence-electron chi connectivity index (χ0n) is 8.98. The topological polar surface area (TPSA) is 81.8 Å². The van der Waals surface area contributed by atoms with Gasteiger partial charge in [-0.1, -0.05) is 0 Å². The summed E-state index contributed by atoms with van der Waals surface area (Å²) in [7, 11) is 0. The van der Waals surface area contributed by atoms with Crippen molar-refractivity contribution >= 4 is 21.9 Å². The van der Waals surface area contributed by atoms with Crippen molar-refractivity contribution in [1.82, 2.24) is 0 Å². The van der Waals surface area contributed by atoms with Crippen LogP contribution in [0, 0.1) is 0 Å². The highest BCUT2D eigenvalue weighted by molar-refractivity contribution is 9.10. The Morgan fingerprint density at radius 1 is 1.53 bits per heavy atom. The van der Waals surface area contributed by atoms with Gasteiger partial charge < -0.3 is 20.3 Å². The molecule has 1 aliphatic heterocycles. The summed E-state index contributed by atoms with van der Waals surface area (Å²) in [5.41, 5.74) is 6.76. The van der Waals surface area contributed by atoms with Gasteiger partial charge in [-0.3, -0.25) is 4.79 Å². The van der Waals surface area contributed by atoms with E-state index in [-0.39, 0.29) is 19.3 Å². The molecule has 1 aromatic rings. The third-order valence-electron chi connectivity index (χ3n) is 2.55. The standard InChI is InChI=1S/C11H12BrNO4/c12-7-3-6(8(13)1-2-10(14)15)4-9-11(7)17-5-16-9/h3-4,8H,1-2,5,13H2,(H,14,15). The van der Waals surface area contributed by atoms with Gasteiger partial charge in [0.2, 0.25) is 6.79 Å². The van der Waals surface area contributed by atoms with Crippen LogP contribution >= 0.6 is 15.9 Å². The monoisotopic (exact) mass is 301 g/mol. The summed E-state index contributed by atoms with van der Waals surface area (Å²) in [6.45, 7) is 0.196. The van der Waals surface area contributed by atoms with Gasteiger partial charge in [-0.05, 0) is 40.0 Å². The van der Waals surface area contributed by atoms with Crippen LogP contribution in [0.2, 0.25) is 0 Å². The Morgan fingerprint density at radius 3 is 3.00 bits per heavy atom. The summed E-state index contributed by atoms with van der Waals surface area (Å²) in [5, 5.41) is 8.61. The fourth-order valence-corrected chi connectivity index (χ4v) is 2.22. The summed E-state index contributed by atoms with van der Waals surface area (Å²) >= 11 is 3.37. The quantitative estimate of drug-likeness (QED) is 0.889. The summed E-state index contributed by atoms with van der Waals surface area (Å²) in [6.07, 6.45) is 0.439. The molecular formula is C11H12BrNO4. The van der Waals surface area contributed by atoms with Gasteiger partial charge in [0.15, 0.2) is 11.5 Å². The SMILES string of the molecule is NC(CCC(=O)O)c1cc(Br)c2c(c1)OCO2. The second-order valence-electron chi connectivity index (χ2n) is 3.78. The van der Waals surface area contributed by atoms with Crippen molar-refractivity contribution in [2.75, 3.05) is 6.79 Å². The van der Waals surface area contributed by atoms with Gasteiger partial charge >= 0.3 is 5.97 Å². The lowest BCUT2D eigenvalue weighted by Crippen LogP contribution is -2.12. The minimum Gasteiger partial charge on any atom is -0.481 e. The molecule has 0 saturated heterocycles. The molecule has 92 valence electrons. The first-order chi connectivity index (χ1) is 8.08. The van der Waals surface area contributed by atoms with Crippen molar-refractivity contribution in [2.24, 2.45) is 5.73 Å². The van der Waals surface area contributed by atoms with Crippen molar-refractivity contribution in [3.8, 4) is 11.5 Å². The van der Waals surface area contributed by atoms with Crippen LogP contribution in [0.4, 0.5) is 0 Å². The molecule has 1 unspecified atom stereocenters. The molecule has 0 spiro atoms. The average Bonchev–Trinajstić information content (AvgIpc) is 2.74. The first-order valence-corrected chi connectivity index (χ1v) is 5.93. The third kappa shape index (κ3) is 2.70. The number of carboxylic acid groups (broad SMARTS) is 1. The molecule has 0 bridgehead atoms. The normalized spacial score (nSPS) is 14.7. The Morgan fingerprint density at radius 2 is 2.29 bits per heavy atom. The molecule has 2 rings (SSSR count). The molecule has 17 heavy (non-hydrogen) atoms. The Balaban J connectivity index is 2.16.